The summed E-state index contributed by atoms with van der Waals surface area (Å²) in [6.45, 7) is 21.0. The van der Waals surface area contributed by atoms with Gasteiger partial charge in [0.05, 0.1) is 19.2 Å². The molecule has 0 saturated carbocycles. The average molecular weight is 464 g/mol. The summed E-state index contributed by atoms with van der Waals surface area (Å²) in [7, 11) is 1.23. The van der Waals surface area contributed by atoms with Gasteiger partial charge in [-0.1, -0.05) is 11.8 Å². The van der Waals surface area contributed by atoms with Crippen LogP contribution in [0.5, 0.6) is 0 Å². The first kappa shape index (κ1) is 28.3. The number of thioether (sulfide) groups is 1. The third-order valence-electron chi connectivity index (χ3n) is 5.28. The quantitative estimate of drug-likeness (QED) is 0.215. The number of nitrogens with zero attached hydrogens (tertiary/aromatic N) is 3. The Balaban J connectivity index is 2.50. The molecule has 0 atom stereocenters. The minimum absolute atomic E-state index is 0.190. The van der Waals surface area contributed by atoms with Gasteiger partial charge in [-0.3, -0.25) is 4.79 Å². The summed E-state index contributed by atoms with van der Waals surface area (Å²) in [6, 6.07) is 1.61. The fourth-order valence-electron chi connectivity index (χ4n) is 3.93. The minimum atomic E-state index is -0.885. The maximum atomic E-state index is 12.3. The maximum absolute atomic E-state index is 12.3. The molecule has 0 amide bonds. The van der Waals surface area contributed by atoms with Crippen LogP contribution in [0.4, 0.5) is 0 Å². The molecule has 1 saturated heterocycles. The van der Waals surface area contributed by atoms with Crippen LogP contribution in [0.3, 0.4) is 0 Å². The van der Waals surface area contributed by atoms with Crippen LogP contribution in [0.15, 0.2) is 0 Å². The van der Waals surface area contributed by atoms with Gasteiger partial charge in [0.2, 0.25) is 0 Å². The molecule has 0 N–H and O–H groups in total. The first-order valence-electron chi connectivity index (χ1n) is 11.5. The Morgan fingerprint density at radius 1 is 0.933 bits per heavy atom. The number of ether oxygens (including phenoxy) is 1. The molecule has 0 aromatic rings. The zero-order valence-electron chi connectivity index (χ0n) is 20.8. The second-order valence-corrected chi connectivity index (χ2v) is 11.9. The van der Waals surface area contributed by atoms with Gasteiger partial charge in [-0.05, 0) is 88.4 Å². The van der Waals surface area contributed by atoms with Crippen molar-refractivity contribution in [3.8, 4) is 0 Å². The van der Waals surface area contributed by atoms with Gasteiger partial charge in [-0.25, -0.2) is 9.34 Å². The lowest BCUT2D eigenvalue weighted by Gasteiger charge is -2.45. The van der Waals surface area contributed by atoms with Crippen molar-refractivity contribution in [1.82, 2.24) is 14.2 Å². The van der Waals surface area contributed by atoms with Crippen molar-refractivity contribution < 1.29 is 14.1 Å². The van der Waals surface area contributed by atoms with Crippen molar-refractivity contribution in [3.63, 3.8) is 0 Å². The molecule has 0 bridgehead atoms. The lowest BCUT2D eigenvalue weighted by atomic mass is 9.99. The third-order valence-corrected chi connectivity index (χ3v) is 9.24. The van der Waals surface area contributed by atoms with Crippen LogP contribution in [0.1, 0.15) is 68.2 Å². The largest absolute Gasteiger partial charge is 0.368 e. The highest BCUT2D eigenvalue weighted by Gasteiger charge is 2.34. The molecule has 0 unspecified atom stereocenters. The summed E-state index contributed by atoms with van der Waals surface area (Å²) < 4.78 is 17.1. The molecule has 1 aliphatic heterocycles. The van der Waals surface area contributed by atoms with Crippen LogP contribution in [-0.4, -0.2) is 82.8 Å². The predicted molar refractivity (Wildman–Crippen MR) is 131 cm³/mol. The highest BCUT2D eigenvalue weighted by atomic mass is 32.2. The first-order valence-corrected chi connectivity index (χ1v) is 13.6. The second-order valence-electron chi connectivity index (χ2n) is 9.29. The maximum Gasteiger partial charge on any atom is 0.194 e. The molecule has 0 spiro atoms. The average Bonchev–Trinajstić information content (AvgIpc) is 2.63. The van der Waals surface area contributed by atoms with Crippen LogP contribution in [-0.2, 0) is 14.1 Å². The highest BCUT2D eigenvalue weighted by molar-refractivity contribution is 8.13. The molecule has 6 nitrogen and oxygen atoms in total. The number of carbonyl (C=O) groups is 1. The first-order chi connectivity index (χ1) is 14.1. The van der Waals surface area contributed by atoms with E-state index in [4.69, 9.17) is 9.26 Å². The summed E-state index contributed by atoms with van der Waals surface area (Å²) in [5.74, 6) is 0.609. The Hall–Kier alpha value is 0.250. The number of hydrogen-bond donors (Lipinski definition) is 0. The van der Waals surface area contributed by atoms with Crippen LogP contribution < -0.4 is 0 Å². The van der Waals surface area contributed by atoms with Crippen LogP contribution in [0.2, 0.25) is 0 Å². The Labute approximate surface area is 191 Å². The smallest absolute Gasteiger partial charge is 0.194 e. The molecule has 0 aromatic carbocycles. The summed E-state index contributed by atoms with van der Waals surface area (Å²) in [6.07, 6.45) is 1.94. The third kappa shape index (κ3) is 9.40. The van der Waals surface area contributed by atoms with Crippen molar-refractivity contribution in [3.05, 3.63) is 0 Å². The number of rotatable bonds is 13. The fraction of sp³-hybridized carbons (Fsp3) is 0.955. The monoisotopic (exact) mass is 463 g/mol. The van der Waals surface area contributed by atoms with E-state index in [2.05, 4.69) is 76.7 Å². The molecule has 30 heavy (non-hydrogen) atoms. The van der Waals surface area contributed by atoms with Gasteiger partial charge in [0.25, 0.3) is 0 Å². The Morgan fingerprint density at radius 3 is 1.83 bits per heavy atom. The molecule has 0 aliphatic carbocycles. The topological polar surface area (TPSA) is 45.3 Å². The zero-order valence-corrected chi connectivity index (χ0v) is 22.5. The van der Waals surface area contributed by atoms with Gasteiger partial charge >= 0.3 is 0 Å². The number of hydrogen-bond acceptors (Lipinski definition) is 7. The van der Waals surface area contributed by atoms with E-state index < -0.39 is 8.45 Å². The van der Waals surface area contributed by atoms with E-state index in [0.29, 0.717) is 43.3 Å². The predicted octanol–water partition coefficient (Wildman–Crippen LogP) is 5.04. The molecule has 0 radical (unpaired) electrons. The number of likely N-dealkylation sites (tertiary alicyclic amines) is 1. The van der Waals surface area contributed by atoms with E-state index in [0.717, 1.165) is 25.9 Å². The van der Waals surface area contributed by atoms with Gasteiger partial charge in [0.15, 0.2) is 13.6 Å². The molecular weight excluding hydrogens is 417 g/mol. The fourth-order valence-corrected chi connectivity index (χ4v) is 7.05. The summed E-state index contributed by atoms with van der Waals surface area (Å²) >= 11 is 1.32. The van der Waals surface area contributed by atoms with Gasteiger partial charge in [0.1, 0.15) is 0 Å². The van der Waals surface area contributed by atoms with Crippen molar-refractivity contribution in [2.45, 2.75) is 92.4 Å². The summed E-state index contributed by atoms with van der Waals surface area (Å²) in [5, 5.41) is 0.280. The van der Waals surface area contributed by atoms with E-state index in [9.17, 15) is 4.79 Å². The molecular formula is C22H46N3O3PS. The lowest BCUT2D eigenvalue weighted by Crippen LogP contribution is -2.43. The Morgan fingerprint density at radius 2 is 1.40 bits per heavy atom. The van der Waals surface area contributed by atoms with E-state index in [1.807, 2.05) is 0 Å². The van der Waals surface area contributed by atoms with Crippen molar-refractivity contribution in [2.24, 2.45) is 5.92 Å². The van der Waals surface area contributed by atoms with Crippen molar-refractivity contribution >= 4 is 25.3 Å². The molecule has 0 aromatic heterocycles. The summed E-state index contributed by atoms with van der Waals surface area (Å²) in [4.78, 5) is 14.6. The molecule has 178 valence electrons. The number of piperidine rings is 1. The SMILES string of the molecule is CC(C)N(C(C)C)P(OCCOCSC(=O)C1CCN(C)CC1)N(C(C)C)C(C)C. The molecule has 1 heterocycles. The minimum Gasteiger partial charge on any atom is -0.368 e. The van der Waals surface area contributed by atoms with Gasteiger partial charge in [-0.2, -0.15) is 0 Å². The van der Waals surface area contributed by atoms with Gasteiger partial charge in [0, 0.05) is 30.1 Å². The Bertz CT molecular complexity index is 450. The van der Waals surface area contributed by atoms with Crippen LogP contribution >= 0.6 is 20.2 Å². The van der Waals surface area contributed by atoms with Gasteiger partial charge in [-0.15, -0.1) is 0 Å². The van der Waals surface area contributed by atoms with E-state index in [-0.39, 0.29) is 11.0 Å². The zero-order chi connectivity index (χ0) is 22.8. The molecule has 1 aliphatic rings. The Kier molecular flexibility index (Phi) is 13.6. The van der Waals surface area contributed by atoms with Crippen molar-refractivity contribution in [2.75, 3.05) is 39.3 Å². The standard InChI is InChI=1S/C22H46N3O3PS/c1-17(2)24(18(3)4)29(25(19(5)6)20(7)8)28-15-14-27-16-30-22(26)21-10-12-23(9)13-11-21/h17-21H,10-16H2,1-9H3. The van der Waals surface area contributed by atoms with Crippen LogP contribution in [0.25, 0.3) is 0 Å². The second kappa shape index (κ2) is 14.4. The summed E-state index contributed by atoms with van der Waals surface area (Å²) in [5.41, 5.74) is 0. The number of carbonyl (C=O) groups excluding carboxylic acids is 1. The normalized spacial score (nSPS) is 17.1. The molecule has 1 rings (SSSR count). The van der Waals surface area contributed by atoms with E-state index >= 15 is 0 Å². The van der Waals surface area contributed by atoms with Crippen molar-refractivity contribution in [1.29, 1.82) is 0 Å². The molecule has 8 heteroatoms. The highest BCUT2D eigenvalue weighted by Crippen LogP contribution is 2.50. The molecule has 1 fully saturated rings. The van der Waals surface area contributed by atoms with Gasteiger partial charge < -0.3 is 14.2 Å². The van der Waals surface area contributed by atoms with E-state index in [1.54, 1.807) is 0 Å². The van der Waals surface area contributed by atoms with Crippen LogP contribution in [0, 0.1) is 5.92 Å². The lowest BCUT2D eigenvalue weighted by molar-refractivity contribution is -0.115. The van der Waals surface area contributed by atoms with E-state index in [1.165, 1.54) is 11.8 Å².